The molecule has 0 fully saturated rings. The van der Waals surface area contributed by atoms with Gasteiger partial charge in [0.25, 0.3) is 5.91 Å². The van der Waals surface area contributed by atoms with Crippen molar-refractivity contribution in [3.8, 4) is 5.75 Å². The lowest BCUT2D eigenvalue weighted by Gasteiger charge is -2.21. The molecular weight excluding hydrogens is 192 g/mol. The van der Waals surface area contributed by atoms with Gasteiger partial charge in [-0.2, -0.15) is 0 Å². The van der Waals surface area contributed by atoms with Crippen LogP contribution in [0.1, 0.15) is 29.9 Å². The fraction of sp³-hybridized carbons (Fsp3) is 0.455. The van der Waals surface area contributed by atoms with Crippen molar-refractivity contribution < 1.29 is 9.53 Å². The number of ether oxygens (including phenoxy) is 1. The molecule has 1 aliphatic heterocycles. The van der Waals surface area contributed by atoms with Crippen LogP contribution in [0.5, 0.6) is 5.75 Å². The number of pyridine rings is 1. The molecule has 4 heteroatoms. The molecule has 0 aromatic carbocycles. The lowest BCUT2D eigenvalue weighted by atomic mass is 10.0. The van der Waals surface area contributed by atoms with E-state index in [1.165, 1.54) is 0 Å². The Morgan fingerprint density at radius 3 is 3.20 bits per heavy atom. The standard InChI is InChI=1S/C11H14N2O2/c1-3-15-8-5-9-10(12-6-8)4-7(2)13-11(9)14/h5-7H,3-4H2,1-2H3,(H,13,14)/t7-/m1/s1. The molecule has 15 heavy (non-hydrogen) atoms. The van der Waals surface area contributed by atoms with Crippen molar-refractivity contribution in [2.24, 2.45) is 0 Å². The fourth-order valence-corrected chi connectivity index (χ4v) is 1.72. The molecule has 2 heterocycles. The summed E-state index contributed by atoms with van der Waals surface area (Å²) < 4.78 is 5.30. The van der Waals surface area contributed by atoms with E-state index in [9.17, 15) is 4.79 Å². The summed E-state index contributed by atoms with van der Waals surface area (Å²) in [5.41, 5.74) is 1.49. The van der Waals surface area contributed by atoms with Gasteiger partial charge in [0, 0.05) is 12.5 Å². The van der Waals surface area contributed by atoms with Crippen LogP contribution in [0.3, 0.4) is 0 Å². The van der Waals surface area contributed by atoms with Crippen LogP contribution in [-0.2, 0) is 6.42 Å². The zero-order valence-corrected chi connectivity index (χ0v) is 8.91. The second kappa shape index (κ2) is 3.88. The minimum atomic E-state index is -0.0576. The van der Waals surface area contributed by atoms with Gasteiger partial charge in [0.05, 0.1) is 24.1 Å². The van der Waals surface area contributed by atoms with Gasteiger partial charge in [0.1, 0.15) is 5.75 Å². The highest BCUT2D eigenvalue weighted by Gasteiger charge is 2.22. The van der Waals surface area contributed by atoms with Gasteiger partial charge in [-0.3, -0.25) is 9.78 Å². The van der Waals surface area contributed by atoms with Gasteiger partial charge in [-0.15, -0.1) is 0 Å². The zero-order chi connectivity index (χ0) is 10.8. The average molecular weight is 206 g/mol. The molecule has 80 valence electrons. The van der Waals surface area contributed by atoms with Gasteiger partial charge in [-0.05, 0) is 19.9 Å². The van der Waals surface area contributed by atoms with Gasteiger partial charge in [-0.25, -0.2) is 0 Å². The largest absolute Gasteiger partial charge is 0.492 e. The molecule has 0 saturated heterocycles. The van der Waals surface area contributed by atoms with E-state index in [0.717, 1.165) is 12.1 Å². The van der Waals surface area contributed by atoms with Crippen LogP contribution in [0.4, 0.5) is 0 Å². The lowest BCUT2D eigenvalue weighted by Crippen LogP contribution is -2.39. The molecule has 1 amide bonds. The monoisotopic (exact) mass is 206 g/mol. The predicted octanol–water partition coefficient (Wildman–Crippen LogP) is 1.15. The van der Waals surface area contributed by atoms with Crippen LogP contribution in [0.15, 0.2) is 12.3 Å². The normalized spacial score (nSPS) is 19.3. The van der Waals surface area contributed by atoms with Gasteiger partial charge in [0.2, 0.25) is 0 Å². The topological polar surface area (TPSA) is 51.2 Å². The third kappa shape index (κ3) is 1.93. The Kier molecular flexibility index (Phi) is 2.58. The minimum absolute atomic E-state index is 0.0576. The van der Waals surface area contributed by atoms with Gasteiger partial charge < -0.3 is 10.1 Å². The maximum absolute atomic E-state index is 11.6. The highest BCUT2D eigenvalue weighted by atomic mass is 16.5. The minimum Gasteiger partial charge on any atom is -0.492 e. The molecule has 0 saturated carbocycles. The SMILES string of the molecule is CCOc1cnc2c(c1)C(=O)N[C@H](C)C2. The quantitative estimate of drug-likeness (QED) is 0.789. The van der Waals surface area contributed by atoms with Crippen LogP contribution < -0.4 is 10.1 Å². The van der Waals surface area contributed by atoms with E-state index in [-0.39, 0.29) is 11.9 Å². The van der Waals surface area contributed by atoms with E-state index in [4.69, 9.17) is 4.74 Å². The van der Waals surface area contributed by atoms with Crippen LogP contribution in [0, 0.1) is 0 Å². The van der Waals surface area contributed by atoms with E-state index in [0.29, 0.717) is 17.9 Å². The Bertz CT molecular complexity index is 390. The number of fused-ring (bicyclic) bond motifs is 1. The van der Waals surface area contributed by atoms with Crippen molar-refractivity contribution in [2.45, 2.75) is 26.3 Å². The van der Waals surface area contributed by atoms with Gasteiger partial charge in [0.15, 0.2) is 0 Å². The molecule has 1 aliphatic rings. The molecule has 0 unspecified atom stereocenters. The first-order chi connectivity index (χ1) is 7.20. The molecule has 0 spiro atoms. The summed E-state index contributed by atoms with van der Waals surface area (Å²) in [7, 11) is 0. The van der Waals surface area contributed by atoms with Crippen LogP contribution in [-0.4, -0.2) is 23.5 Å². The average Bonchev–Trinajstić information content (AvgIpc) is 2.19. The van der Waals surface area contributed by atoms with Gasteiger partial charge in [-0.1, -0.05) is 0 Å². The summed E-state index contributed by atoms with van der Waals surface area (Å²) in [6.45, 7) is 4.46. The van der Waals surface area contributed by atoms with Gasteiger partial charge >= 0.3 is 0 Å². The molecule has 0 radical (unpaired) electrons. The summed E-state index contributed by atoms with van der Waals surface area (Å²) in [6, 6.07) is 1.92. The first-order valence-corrected chi connectivity index (χ1v) is 5.13. The number of carbonyl (C=O) groups is 1. The molecular formula is C11H14N2O2. The number of rotatable bonds is 2. The number of hydrogen-bond acceptors (Lipinski definition) is 3. The van der Waals surface area contributed by atoms with Crippen molar-refractivity contribution in [1.82, 2.24) is 10.3 Å². The number of nitrogens with one attached hydrogen (secondary N) is 1. The van der Waals surface area contributed by atoms with Crippen molar-refractivity contribution in [3.63, 3.8) is 0 Å². The second-order valence-corrected chi connectivity index (χ2v) is 3.68. The highest BCUT2D eigenvalue weighted by Crippen LogP contribution is 2.19. The maximum atomic E-state index is 11.6. The summed E-state index contributed by atoms with van der Waals surface area (Å²) >= 11 is 0. The summed E-state index contributed by atoms with van der Waals surface area (Å²) in [4.78, 5) is 15.9. The number of carbonyl (C=O) groups excluding carboxylic acids is 1. The molecule has 1 aromatic heterocycles. The Morgan fingerprint density at radius 1 is 1.67 bits per heavy atom. The van der Waals surface area contributed by atoms with Crippen molar-refractivity contribution in [3.05, 3.63) is 23.5 Å². The smallest absolute Gasteiger partial charge is 0.253 e. The molecule has 1 aromatic rings. The lowest BCUT2D eigenvalue weighted by molar-refractivity contribution is 0.0927. The number of nitrogens with zero attached hydrogens (tertiary/aromatic N) is 1. The van der Waals surface area contributed by atoms with Crippen LogP contribution >= 0.6 is 0 Å². The third-order valence-corrected chi connectivity index (χ3v) is 2.38. The first kappa shape index (κ1) is 9.96. The van der Waals surface area contributed by atoms with Crippen molar-refractivity contribution in [1.29, 1.82) is 0 Å². The number of amides is 1. The molecule has 1 atom stereocenters. The van der Waals surface area contributed by atoms with Crippen LogP contribution in [0.2, 0.25) is 0 Å². The molecule has 1 N–H and O–H groups in total. The Labute approximate surface area is 88.7 Å². The third-order valence-electron chi connectivity index (χ3n) is 2.38. The molecule has 4 nitrogen and oxygen atoms in total. The van der Waals surface area contributed by atoms with E-state index in [1.807, 2.05) is 13.8 Å². The van der Waals surface area contributed by atoms with E-state index >= 15 is 0 Å². The summed E-state index contributed by atoms with van der Waals surface area (Å²) in [5.74, 6) is 0.596. The maximum Gasteiger partial charge on any atom is 0.253 e. The predicted molar refractivity (Wildman–Crippen MR) is 56.0 cm³/mol. The number of aromatic nitrogens is 1. The highest BCUT2D eigenvalue weighted by molar-refractivity contribution is 5.96. The first-order valence-electron chi connectivity index (χ1n) is 5.13. The summed E-state index contributed by atoms with van der Waals surface area (Å²) in [6.07, 6.45) is 2.46. The molecule has 0 aliphatic carbocycles. The van der Waals surface area contributed by atoms with Crippen LogP contribution in [0.25, 0.3) is 0 Å². The zero-order valence-electron chi connectivity index (χ0n) is 8.91. The van der Waals surface area contributed by atoms with E-state index in [1.54, 1.807) is 12.3 Å². The van der Waals surface area contributed by atoms with E-state index < -0.39 is 0 Å². The molecule has 2 rings (SSSR count). The Balaban J connectivity index is 2.35. The van der Waals surface area contributed by atoms with Crippen molar-refractivity contribution >= 4 is 5.91 Å². The Morgan fingerprint density at radius 2 is 2.47 bits per heavy atom. The number of hydrogen-bond donors (Lipinski definition) is 1. The molecule has 0 bridgehead atoms. The Hall–Kier alpha value is -1.58. The fourth-order valence-electron chi connectivity index (χ4n) is 1.72. The summed E-state index contributed by atoms with van der Waals surface area (Å²) in [5, 5.41) is 2.87. The van der Waals surface area contributed by atoms with E-state index in [2.05, 4.69) is 10.3 Å². The second-order valence-electron chi connectivity index (χ2n) is 3.68. The van der Waals surface area contributed by atoms with Crippen molar-refractivity contribution in [2.75, 3.05) is 6.61 Å².